The summed E-state index contributed by atoms with van der Waals surface area (Å²) >= 11 is 0. The van der Waals surface area contributed by atoms with Crippen molar-refractivity contribution in [1.29, 1.82) is 0 Å². The highest BCUT2D eigenvalue weighted by atomic mass is 32.2. The minimum absolute atomic E-state index is 0.0451. The average Bonchev–Trinajstić information content (AvgIpc) is 3.49. The van der Waals surface area contributed by atoms with Crippen molar-refractivity contribution < 1.29 is 18.3 Å². The highest BCUT2D eigenvalue weighted by molar-refractivity contribution is 7.89. The van der Waals surface area contributed by atoms with Crippen LogP contribution in [0.3, 0.4) is 0 Å². The molecule has 0 bridgehead atoms. The Kier molecular flexibility index (Phi) is 6.26. The van der Waals surface area contributed by atoms with Crippen LogP contribution < -0.4 is 14.9 Å². The molecule has 1 heterocycles. The Morgan fingerprint density at radius 2 is 1.75 bits per heavy atom. The SMILES string of the molecule is CNS(=O)(=O)c1ccc(CNC(=O)N2CC3(CCCC3)c3cc(-c4cc(O)ccc4C)ccc32)cc1. The van der Waals surface area contributed by atoms with Gasteiger partial charge in [0.25, 0.3) is 0 Å². The summed E-state index contributed by atoms with van der Waals surface area (Å²) in [4.78, 5) is 15.4. The van der Waals surface area contributed by atoms with Crippen LogP contribution in [0.1, 0.15) is 42.4 Å². The third-order valence-corrected chi connectivity index (χ3v) is 9.03. The first kappa shape index (κ1) is 24.3. The molecule has 1 fully saturated rings. The van der Waals surface area contributed by atoms with Crippen molar-refractivity contribution in [2.24, 2.45) is 0 Å². The molecular weight excluding hydrogens is 474 g/mol. The minimum atomic E-state index is -3.49. The highest BCUT2D eigenvalue weighted by Gasteiger charge is 2.46. The number of anilines is 1. The van der Waals surface area contributed by atoms with Gasteiger partial charge in [0.15, 0.2) is 0 Å². The van der Waals surface area contributed by atoms with Crippen molar-refractivity contribution in [1.82, 2.24) is 10.0 Å². The number of hydrogen-bond acceptors (Lipinski definition) is 4. The van der Waals surface area contributed by atoms with Gasteiger partial charge in [-0.3, -0.25) is 4.90 Å². The van der Waals surface area contributed by atoms with E-state index < -0.39 is 10.0 Å². The van der Waals surface area contributed by atoms with Gasteiger partial charge in [0.2, 0.25) is 10.0 Å². The highest BCUT2D eigenvalue weighted by Crippen LogP contribution is 2.51. The Hall–Kier alpha value is -3.36. The number of fused-ring (bicyclic) bond motifs is 2. The number of benzene rings is 3. The Balaban J connectivity index is 1.39. The number of carbonyl (C=O) groups is 1. The van der Waals surface area contributed by atoms with Gasteiger partial charge in [-0.1, -0.05) is 37.1 Å². The van der Waals surface area contributed by atoms with E-state index >= 15 is 0 Å². The van der Waals surface area contributed by atoms with Crippen LogP contribution in [-0.2, 0) is 22.0 Å². The van der Waals surface area contributed by atoms with Gasteiger partial charge in [0, 0.05) is 24.2 Å². The molecule has 3 N–H and O–H groups in total. The summed E-state index contributed by atoms with van der Waals surface area (Å²) in [7, 11) is -2.12. The lowest BCUT2D eigenvalue weighted by Crippen LogP contribution is -2.41. The third kappa shape index (κ3) is 4.35. The van der Waals surface area contributed by atoms with E-state index in [1.807, 2.05) is 30.0 Å². The van der Waals surface area contributed by atoms with Crippen LogP contribution in [0.4, 0.5) is 10.5 Å². The Morgan fingerprint density at radius 1 is 1.03 bits per heavy atom. The van der Waals surface area contributed by atoms with Crippen LogP contribution in [0.15, 0.2) is 65.6 Å². The second-order valence-corrected chi connectivity index (χ2v) is 11.7. The topological polar surface area (TPSA) is 98.7 Å². The van der Waals surface area contributed by atoms with E-state index in [1.54, 1.807) is 24.3 Å². The fourth-order valence-electron chi connectivity index (χ4n) is 5.60. The number of aryl methyl sites for hydroxylation is 1. The summed E-state index contributed by atoms with van der Waals surface area (Å²) in [6.45, 7) is 2.99. The summed E-state index contributed by atoms with van der Waals surface area (Å²) in [5.41, 5.74) is 6.06. The first-order valence-electron chi connectivity index (χ1n) is 12.2. The normalized spacial score (nSPS) is 16.3. The number of nitrogens with zero attached hydrogens (tertiary/aromatic N) is 1. The molecule has 0 atom stereocenters. The zero-order valence-corrected chi connectivity index (χ0v) is 21.4. The number of amides is 2. The summed E-state index contributed by atoms with van der Waals surface area (Å²) in [6.07, 6.45) is 4.39. The maximum Gasteiger partial charge on any atom is 0.322 e. The lowest BCUT2D eigenvalue weighted by molar-refractivity contribution is 0.245. The summed E-state index contributed by atoms with van der Waals surface area (Å²) < 4.78 is 26.2. The van der Waals surface area contributed by atoms with Crippen LogP contribution in [0.2, 0.25) is 0 Å². The molecule has 0 radical (unpaired) electrons. The van der Waals surface area contributed by atoms with Gasteiger partial charge in [-0.15, -0.1) is 0 Å². The number of rotatable bonds is 5. The van der Waals surface area contributed by atoms with Gasteiger partial charge in [-0.25, -0.2) is 17.9 Å². The van der Waals surface area contributed by atoms with Crippen LogP contribution in [0.5, 0.6) is 5.75 Å². The Bertz CT molecular complexity index is 1410. The molecule has 7 nitrogen and oxygen atoms in total. The second-order valence-electron chi connectivity index (χ2n) is 9.81. The smallest absolute Gasteiger partial charge is 0.322 e. The van der Waals surface area contributed by atoms with E-state index in [9.17, 15) is 18.3 Å². The quantitative estimate of drug-likeness (QED) is 0.463. The number of phenolic OH excluding ortho intramolecular Hbond substituents is 1. The van der Waals surface area contributed by atoms with Gasteiger partial charge in [0.1, 0.15) is 5.75 Å². The van der Waals surface area contributed by atoms with Crippen LogP contribution in [-0.4, -0.2) is 33.1 Å². The molecule has 5 rings (SSSR count). The zero-order valence-electron chi connectivity index (χ0n) is 20.5. The number of carbonyl (C=O) groups excluding carboxylic acids is 1. The lowest BCUT2D eigenvalue weighted by atomic mass is 9.79. The molecule has 1 aliphatic heterocycles. The van der Waals surface area contributed by atoms with Gasteiger partial charge in [0.05, 0.1) is 4.90 Å². The molecule has 0 unspecified atom stereocenters. The average molecular weight is 506 g/mol. The lowest BCUT2D eigenvalue weighted by Gasteiger charge is -2.25. The van der Waals surface area contributed by atoms with E-state index in [-0.39, 0.29) is 22.1 Å². The summed E-state index contributed by atoms with van der Waals surface area (Å²) in [6, 6.07) is 18.0. The largest absolute Gasteiger partial charge is 0.508 e. The molecule has 1 spiro atoms. The standard InChI is InChI=1S/C28H31N3O4S/c1-19-5-9-22(32)16-24(19)21-8-12-26-25(15-21)28(13-3-4-14-28)18-31(26)27(33)30-17-20-6-10-23(11-7-20)36(34,35)29-2/h5-12,15-16,29,32H,3-4,13-14,17-18H2,1-2H3,(H,30,33). The van der Waals surface area contributed by atoms with Crippen LogP contribution >= 0.6 is 0 Å². The van der Waals surface area contributed by atoms with Crippen molar-refractivity contribution in [2.75, 3.05) is 18.5 Å². The van der Waals surface area contributed by atoms with Crippen molar-refractivity contribution in [2.45, 2.75) is 49.5 Å². The monoisotopic (exact) mass is 505 g/mol. The first-order valence-corrected chi connectivity index (χ1v) is 13.7. The molecule has 0 saturated heterocycles. The van der Waals surface area contributed by atoms with Gasteiger partial charge in [-0.2, -0.15) is 0 Å². The maximum absolute atomic E-state index is 13.3. The molecule has 8 heteroatoms. The molecule has 2 aliphatic rings. The fourth-order valence-corrected chi connectivity index (χ4v) is 6.33. The van der Waals surface area contributed by atoms with Gasteiger partial charge < -0.3 is 10.4 Å². The molecule has 3 aromatic rings. The van der Waals surface area contributed by atoms with E-state index in [0.29, 0.717) is 13.1 Å². The van der Waals surface area contributed by atoms with E-state index in [2.05, 4.69) is 16.1 Å². The Labute approximate surface area is 212 Å². The van der Waals surface area contributed by atoms with Crippen LogP contribution in [0, 0.1) is 6.92 Å². The van der Waals surface area contributed by atoms with Gasteiger partial charge >= 0.3 is 6.03 Å². The molecule has 1 saturated carbocycles. The summed E-state index contributed by atoms with van der Waals surface area (Å²) in [5.74, 6) is 0.240. The number of urea groups is 1. The Morgan fingerprint density at radius 3 is 2.44 bits per heavy atom. The van der Waals surface area contributed by atoms with Gasteiger partial charge in [-0.05, 0) is 91.0 Å². The number of sulfonamides is 1. The number of hydrogen-bond donors (Lipinski definition) is 3. The molecule has 2 amide bonds. The molecule has 3 aromatic carbocycles. The third-order valence-electron chi connectivity index (χ3n) is 7.60. The number of aromatic hydroxyl groups is 1. The van der Waals surface area contributed by atoms with Crippen molar-refractivity contribution in [3.63, 3.8) is 0 Å². The molecule has 1 aliphatic carbocycles. The zero-order chi connectivity index (χ0) is 25.5. The predicted octanol–water partition coefficient (Wildman–Crippen LogP) is 4.82. The minimum Gasteiger partial charge on any atom is -0.508 e. The number of nitrogens with one attached hydrogen (secondary N) is 2. The number of phenols is 1. The van der Waals surface area contributed by atoms with E-state index in [4.69, 9.17) is 0 Å². The van der Waals surface area contributed by atoms with Crippen LogP contribution in [0.25, 0.3) is 11.1 Å². The van der Waals surface area contributed by atoms with Crippen molar-refractivity contribution in [3.05, 3.63) is 77.4 Å². The fraction of sp³-hybridized carbons (Fsp3) is 0.321. The molecule has 36 heavy (non-hydrogen) atoms. The van der Waals surface area contributed by atoms with E-state index in [0.717, 1.165) is 53.6 Å². The predicted molar refractivity (Wildman–Crippen MR) is 141 cm³/mol. The molecule has 0 aromatic heterocycles. The molecule has 188 valence electrons. The first-order chi connectivity index (χ1) is 17.2. The molecular formula is C28H31N3O4S. The maximum atomic E-state index is 13.3. The van der Waals surface area contributed by atoms with Crippen molar-refractivity contribution >= 4 is 21.7 Å². The second kappa shape index (κ2) is 9.26. The summed E-state index contributed by atoms with van der Waals surface area (Å²) in [5, 5.41) is 13.1. The van der Waals surface area contributed by atoms with E-state index in [1.165, 1.54) is 24.7 Å². The van der Waals surface area contributed by atoms with Crippen molar-refractivity contribution in [3.8, 4) is 16.9 Å².